The van der Waals surface area contributed by atoms with Gasteiger partial charge in [0.15, 0.2) is 9.84 Å². The number of nitrogens with zero attached hydrogens (tertiary/aromatic N) is 3. The molecule has 0 radical (unpaired) electrons. The zero-order chi connectivity index (χ0) is 30.0. The summed E-state index contributed by atoms with van der Waals surface area (Å²) >= 11 is 0. The number of morpholine rings is 1. The minimum atomic E-state index is -3.49. The monoisotopic (exact) mass is 601 g/mol. The SMILES string of the molecule is CN1CCC(c2ccc(Nc3nc(-c4ccc(CN5CCOCC5)c(S(C)(=O)=O)c4)cc4c3C(C=O)NC=C4)cc2)CC1. The summed E-state index contributed by atoms with van der Waals surface area (Å²) in [4.78, 5) is 21.9. The van der Waals surface area contributed by atoms with Crippen LogP contribution in [0.3, 0.4) is 0 Å². The van der Waals surface area contributed by atoms with Crippen LogP contribution in [0.2, 0.25) is 0 Å². The Hall–Kier alpha value is -3.57. The minimum absolute atomic E-state index is 0.304. The van der Waals surface area contributed by atoms with Crippen LogP contribution < -0.4 is 10.6 Å². The lowest BCUT2D eigenvalue weighted by atomic mass is 9.89. The minimum Gasteiger partial charge on any atom is -0.379 e. The van der Waals surface area contributed by atoms with Crippen LogP contribution in [0.25, 0.3) is 17.3 Å². The normalized spacial score (nSPS) is 19.9. The number of piperidine rings is 1. The fraction of sp³-hybridized carbons (Fsp3) is 0.394. The van der Waals surface area contributed by atoms with Gasteiger partial charge in [0.25, 0.3) is 0 Å². The lowest BCUT2D eigenvalue weighted by molar-refractivity contribution is -0.109. The van der Waals surface area contributed by atoms with Crippen molar-refractivity contribution in [2.24, 2.45) is 0 Å². The molecule has 4 heterocycles. The second-order valence-corrected chi connectivity index (χ2v) is 13.8. The number of carbonyl (C=O) groups excluding carboxylic acids is 1. The number of aldehydes is 1. The predicted molar refractivity (Wildman–Crippen MR) is 169 cm³/mol. The molecule has 6 rings (SSSR count). The second-order valence-electron chi connectivity index (χ2n) is 11.8. The van der Waals surface area contributed by atoms with Crippen molar-refractivity contribution in [2.45, 2.75) is 36.2 Å². The van der Waals surface area contributed by atoms with Gasteiger partial charge >= 0.3 is 0 Å². The number of ether oxygens (including phenoxy) is 1. The van der Waals surface area contributed by atoms with Crippen LogP contribution in [-0.2, 0) is 25.9 Å². The molecule has 0 aliphatic carbocycles. The molecule has 0 bridgehead atoms. The first-order valence-electron chi connectivity index (χ1n) is 14.9. The number of aromatic nitrogens is 1. The van der Waals surface area contributed by atoms with Crippen molar-refractivity contribution in [1.82, 2.24) is 20.1 Å². The van der Waals surface area contributed by atoms with Gasteiger partial charge in [-0.3, -0.25) is 4.90 Å². The summed E-state index contributed by atoms with van der Waals surface area (Å²) in [5.74, 6) is 1.12. The number of fused-ring (bicyclic) bond motifs is 1. The Morgan fingerprint density at radius 2 is 1.79 bits per heavy atom. The first kappa shape index (κ1) is 29.5. The molecule has 10 heteroatoms. The van der Waals surface area contributed by atoms with Crippen LogP contribution in [0.1, 0.15) is 47.1 Å². The zero-order valence-corrected chi connectivity index (χ0v) is 25.6. The standard InChI is InChI=1S/C33H39N5O4S/c1-37-13-10-24(11-14-37)23-5-7-28(8-6-23)35-33-32-26(9-12-34-30(32)22-39)19-29(36-33)25-3-4-27(31(20-25)43(2,40)41)21-38-15-17-42-18-16-38/h3-9,12,19-20,22,24,30,34H,10-11,13-18,21H2,1-2H3,(H,35,36). The highest BCUT2D eigenvalue weighted by atomic mass is 32.2. The first-order valence-corrected chi connectivity index (χ1v) is 16.8. The third-order valence-electron chi connectivity index (χ3n) is 8.70. The van der Waals surface area contributed by atoms with E-state index in [9.17, 15) is 13.2 Å². The van der Waals surface area contributed by atoms with E-state index in [0.717, 1.165) is 67.7 Å². The van der Waals surface area contributed by atoms with Crippen LogP contribution in [0.15, 0.2) is 59.6 Å². The molecule has 1 atom stereocenters. The molecule has 1 unspecified atom stereocenters. The maximum Gasteiger partial charge on any atom is 0.175 e. The number of benzene rings is 2. The van der Waals surface area contributed by atoms with Gasteiger partial charge in [-0.05, 0) is 92.1 Å². The van der Waals surface area contributed by atoms with Crippen LogP contribution in [0, 0.1) is 0 Å². The smallest absolute Gasteiger partial charge is 0.175 e. The number of rotatable bonds is 8. The number of sulfone groups is 1. The average Bonchev–Trinajstić information content (AvgIpc) is 3.01. The van der Waals surface area contributed by atoms with Crippen LogP contribution in [-0.4, -0.2) is 82.2 Å². The van der Waals surface area contributed by atoms with Gasteiger partial charge in [0.05, 0.1) is 23.8 Å². The molecule has 2 saturated heterocycles. The number of carbonyl (C=O) groups is 1. The van der Waals surface area contributed by atoms with Gasteiger partial charge in [0.1, 0.15) is 18.1 Å². The molecule has 0 amide bonds. The molecule has 2 aromatic carbocycles. The Labute approximate surface area is 253 Å². The molecule has 3 aromatic rings. The van der Waals surface area contributed by atoms with E-state index in [2.05, 4.69) is 51.7 Å². The van der Waals surface area contributed by atoms with E-state index < -0.39 is 15.9 Å². The number of hydrogen-bond acceptors (Lipinski definition) is 9. The van der Waals surface area contributed by atoms with Crippen LogP contribution in [0.5, 0.6) is 0 Å². The van der Waals surface area contributed by atoms with Gasteiger partial charge in [0.2, 0.25) is 0 Å². The first-order chi connectivity index (χ1) is 20.8. The Morgan fingerprint density at radius 1 is 1.05 bits per heavy atom. The van der Waals surface area contributed by atoms with Gasteiger partial charge in [-0.2, -0.15) is 0 Å². The van der Waals surface area contributed by atoms with Gasteiger partial charge in [-0.15, -0.1) is 0 Å². The maximum absolute atomic E-state index is 12.9. The molecule has 2 N–H and O–H groups in total. The van der Waals surface area contributed by atoms with E-state index in [-0.39, 0.29) is 0 Å². The molecule has 3 aliphatic heterocycles. The highest BCUT2D eigenvalue weighted by molar-refractivity contribution is 7.90. The number of likely N-dealkylation sites (tertiary alicyclic amines) is 1. The van der Waals surface area contributed by atoms with Crippen molar-refractivity contribution < 1.29 is 17.9 Å². The van der Waals surface area contributed by atoms with Crippen molar-refractivity contribution in [3.8, 4) is 11.3 Å². The quantitative estimate of drug-likeness (QED) is 0.365. The largest absolute Gasteiger partial charge is 0.379 e. The number of nitrogens with one attached hydrogen (secondary N) is 2. The Kier molecular flexibility index (Phi) is 8.63. The maximum atomic E-state index is 12.9. The molecule has 0 saturated carbocycles. The topological polar surface area (TPSA) is 104 Å². The molecule has 3 aliphatic rings. The summed E-state index contributed by atoms with van der Waals surface area (Å²) in [5.41, 5.74) is 5.91. The van der Waals surface area contributed by atoms with Gasteiger partial charge in [0, 0.05) is 42.7 Å². The van der Waals surface area contributed by atoms with Crippen molar-refractivity contribution in [2.75, 3.05) is 58.0 Å². The summed E-state index contributed by atoms with van der Waals surface area (Å²) in [6.07, 6.45) is 8.11. The van der Waals surface area contributed by atoms with Gasteiger partial charge < -0.3 is 25.1 Å². The Morgan fingerprint density at radius 3 is 2.49 bits per heavy atom. The van der Waals surface area contributed by atoms with E-state index in [4.69, 9.17) is 9.72 Å². The molecule has 1 aromatic heterocycles. The molecular weight excluding hydrogens is 562 g/mol. The fourth-order valence-electron chi connectivity index (χ4n) is 6.22. The average molecular weight is 602 g/mol. The predicted octanol–water partition coefficient (Wildman–Crippen LogP) is 4.35. The summed E-state index contributed by atoms with van der Waals surface area (Å²) in [6, 6.07) is 15.4. The molecule has 2 fully saturated rings. The molecule has 43 heavy (non-hydrogen) atoms. The highest BCUT2D eigenvalue weighted by Crippen LogP contribution is 2.36. The van der Waals surface area contributed by atoms with Crippen LogP contribution in [0.4, 0.5) is 11.5 Å². The van der Waals surface area contributed by atoms with Crippen molar-refractivity contribution in [3.63, 3.8) is 0 Å². The molecule has 9 nitrogen and oxygen atoms in total. The van der Waals surface area contributed by atoms with Crippen LogP contribution >= 0.6 is 0 Å². The Balaban J connectivity index is 1.34. The van der Waals surface area contributed by atoms with E-state index >= 15 is 0 Å². The van der Waals surface area contributed by atoms with E-state index in [1.54, 1.807) is 12.3 Å². The zero-order valence-electron chi connectivity index (χ0n) is 24.8. The number of pyridine rings is 1. The summed E-state index contributed by atoms with van der Waals surface area (Å²) < 4.78 is 31.3. The fourth-order valence-corrected chi connectivity index (χ4v) is 7.17. The van der Waals surface area contributed by atoms with Crippen molar-refractivity contribution >= 4 is 33.7 Å². The number of anilines is 2. The van der Waals surface area contributed by atoms with E-state index in [1.807, 2.05) is 24.3 Å². The highest BCUT2D eigenvalue weighted by Gasteiger charge is 2.25. The van der Waals surface area contributed by atoms with E-state index in [0.29, 0.717) is 47.6 Å². The van der Waals surface area contributed by atoms with Gasteiger partial charge in [-0.25, -0.2) is 13.4 Å². The van der Waals surface area contributed by atoms with Crippen molar-refractivity contribution in [3.05, 3.63) is 77.0 Å². The Bertz CT molecular complexity index is 1610. The second kappa shape index (κ2) is 12.6. The summed E-state index contributed by atoms with van der Waals surface area (Å²) in [7, 11) is -1.32. The molecule has 0 spiro atoms. The lowest BCUT2D eigenvalue weighted by Gasteiger charge is -2.29. The third kappa shape index (κ3) is 6.67. The van der Waals surface area contributed by atoms with E-state index in [1.165, 1.54) is 11.8 Å². The van der Waals surface area contributed by atoms with Gasteiger partial charge in [-0.1, -0.05) is 24.3 Å². The molecular formula is C33H39N5O4S. The summed E-state index contributed by atoms with van der Waals surface area (Å²) in [6.45, 7) is 5.58. The number of hydrogen-bond donors (Lipinski definition) is 2. The van der Waals surface area contributed by atoms with Crippen molar-refractivity contribution in [1.29, 1.82) is 0 Å². The third-order valence-corrected chi connectivity index (χ3v) is 9.88. The lowest BCUT2D eigenvalue weighted by Crippen LogP contribution is -2.36. The summed E-state index contributed by atoms with van der Waals surface area (Å²) in [5, 5.41) is 6.58. The molecule has 226 valence electrons.